The van der Waals surface area contributed by atoms with Gasteiger partial charge in [-0.25, -0.2) is 0 Å². The van der Waals surface area contributed by atoms with Crippen LogP contribution in [0.25, 0.3) is 0 Å². The Hall–Kier alpha value is -2.01. The third-order valence-corrected chi connectivity index (χ3v) is 3.74. The number of nitrogen functional groups attached to an aromatic ring is 1. The zero-order valence-corrected chi connectivity index (χ0v) is 13.6. The molecule has 0 bridgehead atoms. The van der Waals surface area contributed by atoms with Crippen LogP contribution < -0.4 is 15.4 Å². The number of amidine groups is 1. The summed E-state index contributed by atoms with van der Waals surface area (Å²) in [4.78, 5) is 2.09. The van der Waals surface area contributed by atoms with E-state index in [0.29, 0.717) is 6.54 Å². The van der Waals surface area contributed by atoms with Gasteiger partial charge in [0, 0.05) is 34.9 Å². The molecule has 0 spiro atoms. The van der Waals surface area contributed by atoms with Crippen LogP contribution in [0.5, 0.6) is 5.75 Å². The van der Waals surface area contributed by atoms with Gasteiger partial charge in [-0.05, 0) is 30.3 Å². The fraction of sp³-hybridized carbons (Fsp3) is 0.188. The Labute approximate surface area is 133 Å². The summed E-state index contributed by atoms with van der Waals surface area (Å²) in [6.07, 6.45) is 0. The molecule has 21 heavy (non-hydrogen) atoms. The molecule has 0 amide bonds. The second-order valence-electron chi connectivity index (χ2n) is 4.78. The molecule has 0 saturated heterocycles. The van der Waals surface area contributed by atoms with Crippen LogP contribution in [0.15, 0.2) is 46.9 Å². The van der Waals surface area contributed by atoms with Crippen LogP contribution in [0, 0.1) is 5.41 Å². The molecule has 0 heterocycles. The molecule has 0 aliphatic carbocycles. The fourth-order valence-electron chi connectivity index (χ4n) is 2.13. The van der Waals surface area contributed by atoms with Gasteiger partial charge in [0.05, 0.1) is 7.11 Å². The summed E-state index contributed by atoms with van der Waals surface area (Å²) < 4.78 is 6.42. The lowest BCUT2D eigenvalue weighted by atomic mass is 10.1. The summed E-state index contributed by atoms with van der Waals surface area (Å²) in [5.41, 5.74) is 8.35. The van der Waals surface area contributed by atoms with Crippen LogP contribution in [-0.4, -0.2) is 20.0 Å². The summed E-state index contributed by atoms with van der Waals surface area (Å²) in [6.45, 7) is 0.698. The van der Waals surface area contributed by atoms with Crippen molar-refractivity contribution < 1.29 is 4.74 Å². The molecule has 4 nitrogen and oxygen atoms in total. The zero-order valence-electron chi connectivity index (χ0n) is 12.1. The van der Waals surface area contributed by atoms with Crippen molar-refractivity contribution >= 4 is 27.5 Å². The topological polar surface area (TPSA) is 62.3 Å². The second-order valence-corrected chi connectivity index (χ2v) is 5.69. The molecule has 5 heteroatoms. The number of nitrogens with two attached hydrogens (primary N) is 1. The Morgan fingerprint density at radius 3 is 2.71 bits per heavy atom. The molecular formula is C16H18BrN3O. The molecule has 110 valence electrons. The summed E-state index contributed by atoms with van der Waals surface area (Å²) in [5.74, 6) is 0.929. The van der Waals surface area contributed by atoms with Gasteiger partial charge in [-0.1, -0.05) is 28.1 Å². The van der Waals surface area contributed by atoms with Crippen LogP contribution in [0.1, 0.15) is 11.1 Å². The SMILES string of the molecule is COc1ccc(Br)cc1CN(C)c1cccc(C(=N)N)c1. The van der Waals surface area contributed by atoms with Crippen molar-refractivity contribution in [2.45, 2.75) is 6.54 Å². The minimum Gasteiger partial charge on any atom is -0.496 e. The maximum absolute atomic E-state index is 7.52. The first-order chi connectivity index (χ1) is 10.0. The first-order valence-electron chi connectivity index (χ1n) is 6.49. The molecule has 3 N–H and O–H groups in total. The molecule has 0 aliphatic rings. The third-order valence-electron chi connectivity index (χ3n) is 3.25. The molecule has 0 fully saturated rings. The van der Waals surface area contributed by atoms with Gasteiger partial charge < -0.3 is 15.4 Å². The van der Waals surface area contributed by atoms with Crippen molar-refractivity contribution in [1.29, 1.82) is 5.41 Å². The van der Waals surface area contributed by atoms with Gasteiger partial charge in [0.2, 0.25) is 0 Å². The smallest absolute Gasteiger partial charge is 0.123 e. The Bertz CT molecular complexity index is 658. The molecule has 0 unspecified atom stereocenters. The molecule has 2 aromatic rings. The lowest BCUT2D eigenvalue weighted by Gasteiger charge is -2.21. The molecule has 0 aromatic heterocycles. The molecule has 2 rings (SSSR count). The van der Waals surface area contributed by atoms with Crippen molar-refractivity contribution in [3.05, 3.63) is 58.1 Å². The number of hydrogen-bond acceptors (Lipinski definition) is 3. The molecule has 2 aromatic carbocycles. The zero-order chi connectivity index (χ0) is 15.4. The highest BCUT2D eigenvalue weighted by Crippen LogP contribution is 2.26. The number of nitrogens with zero attached hydrogens (tertiary/aromatic N) is 1. The van der Waals surface area contributed by atoms with Gasteiger partial charge in [-0.15, -0.1) is 0 Å². The van der Waals surface area contributed by atoms with E-state index in [4.69, 9.17) is 15.9 Å². The minimum absolute atomic E-state index is 0.0743. The minimum atomic E-state index is 0.0743. The van der Waals surface area contributed by atoms with Gasteiger partial charge in [0.25, 0.3) is 0 Å². The number of rotatable bonds is 5. The van der Waals surface area contributed by atoms with E-state index in [0.717, 1.165) is 27.0 Å². The van der Waals surface area contributed by atoms with Crippen LogP contribution >= 0.6 is 15.9 Å². The lowest BCUT2D eigenvalue weighted by Crippen LogP contribution is -2.18. The molecule has 0 aliphatic heterocycles. The van der Waals surface area contributed by atoms with E-state index in [2.05, 4.69) is 20.8 Å². The maximum atomic E-state index is 7.52. The number of halogens is 1. The van der Waals surface area contributed by atoms with E-state index < -0.39 is 0 Å². The molecular weight excluding hydrogens is 330 g/mol. The largest absolute Gasteiger partial charge is 0.496 e. The number of nitrogens with one attached hydrogen (secondary N) is 1. The average Bonchev–Trinajstić information content (AvgIpc) is 2.47. The standard InChI is InChI=1S/C16H18BrN3O/c1-20(14-5-3-4-11(9-14)16(18)19)10-12-8-13(17)6-7-15(12)21-2/h3-9H,10H2,1-2H3,(H3,18,19). The van der Waals surface area contributed by atoms with E-state index in [-0.39, 0.29) is 5.84 Å². The first-order valence-corrected chi connectivity index (χ1v) is 7.28. The van der Waals surface area contributed by atoms with Gasteiger partial charge in [0.15, 0.2) is 0 Å². The van der Waals surface area contributed by atoms with Gasteiger partial charge in [-0.3, -0.25) is 5.41 Å². The van der Waals surface area contributed by atoms with Crippen molar-refractivity contribution in [2.75, 3.05) is 19.1 Å². The van der Waals surface area contributed by atoms with E-state index in [1.807, 2.05) is 49.5 Å². The molecule has 0 atom stereocenters. The van der Waals surface area contributed by atoms with E-state index in [9.17, 15) is 0 Å². The van der Waals surface area contributed by atoms with Crippen LogP contribution in [0.3, 0.4) is 0 Å². The molecule has 0 radical (unpaired) electrons. The van der Waals surface area contributed by atoms with E-state index in [1.165, 1.54) is 0 Å². The number of methoxy groups -OCH3 is 1. The Kier molecular flexibility index (Phi) is 4.85. The molecule has 0 saturated carbocycles. The maximum Gasteiger partial charge on any atom is 0.123 e. The van der Waals surface area contributed by atoms with Crippen LogP contribution in [0.4, 0.5) is 5.69 Å². The quantitative estimate of drug-likeness (QED) is 0.643. The van der Waals surface area contributed by atoms with Crippen molar-refractivity contribution in [1.82, 2.24) is 0 Å². The van der Waals surface area contributed by atoms with Gasteiger partial charge in [-0.2, -0.15) is 0 Å². The van der Waals surface area contributed by atoms with Crippen molar-refractivity contribution in [3.8, 4) is 5.75 Å². The Morgan fingerprint density at radius 1 is 1.29 bits per heavy atom. The summed E-state index contributed by atoms with van der Waals surface area (Å²) in [7, 11) is 3.67. The lowest BCUT2D eigenvalue weighted by molar-refractivity contribution is 0.409. The fourth-order valence-corrected chi connectivity index (χ4v) is 2.54. The predicted molar refractivity (Wildman–Crippen MR) is 90.3 cm³/mol. The van der Waals surface area contributed by atoms with Crippen molar-refractivity contribution in [2.24, 2.45) is 5.73 Å². The summed E-state index contributed by atoms with van der Waals surface area (Å²) in [5, 5.41) is 7.52. The average molecular weight is 348 g/mol. The number of anilines is 1. The van der Waals surface area contributed by atoms with E-state index >= 15 is 0 Å². The van der Waals surface area contributed by atoms with Gasteiger partial charge in [0.1, 0.15) is 11.6 Å². The predicted octanol–water partition coefficient (Wildman–Crippen LogP) is 3.38. The highest BCUT2D eigenvalue weighted by molar-refractivity contribution is 9.10. The van der Waals surface area contributed by atoms with Crippen LogP contribution in [-0.2, 0) is 6.54 Å². The number of benzene rings is 2. The number of hydrogen-bond donors (Lipinski definition) is 2. The first kappa shape index (κ1) is 15.4. The number of ether oxygens (including phenoxy) is 1. The monoisotopic (exact) mass is 347 g/mol. The summed E-state index contributed by atoms with van der Waals surface area (Å²) in [6, 6.07) is 13.6. The van der Waals surface area contributed by atoms with Crippen LogP contribution in [0.2, 0.25) is 0 Å². The normalized spacial score (nSPS) is 10.2. The second kappa shape index (κ2) is 6.63. The van der Waals surface area contributed by atoms with Gasteiger partial charge >= 0.3 is 0 Å². The summed E-state index contributed by atoms with van der Waals surface area (Å²) >= 11 is 3.48. The van der Waals surface area contributed by atoms with E-state index in [1.54, 1.807) is 7.11 Å². The highest BCUT2D eigenvalue weighted by Gasteiger charge is 2.09. The Balaban J connectivity index is 2.25. The third kappa shape index (κ3) is 3.76. The highest BCUT2D eigenvalue weighted by atomic mass is 79.9. The van der Waals surface area contributed by atoms with Crippen molar-refractivity contribution in [3.63, 3.8) is 0 Å². The Morgan fingerprint density at radius 2 is 2.05 bits per heavy atom.